The quantitative estimate of drug-likeness (QED) is 0.868. The molecule has 0 saturated carbocycles. The van der Waals surface area contributed by atoms with Crippen LogP contribution in [0, 0.1) is 5.82 Å². The molecule has 1 atom stereocenters. The van der Waals surface area contributed by atoms with Crippen LogP contribution >= 0.6 is 0 Å². The van der Waals surface area contributed by atoms with Crippen molar-refractivity contribution in [3.8, 4) is 0 Å². The molecule has 0 aliphatic carbocycles. The molecular weight excluding hydrogens is 215 g/mol. The van der Waals surface area contributed by atoms with Gasteiger partial charge in [-0.1, -0.05) is 18.6 Å². The van der Waals surface area contributed by atoms with E-state index in [2.05, 4.69) is 4.90 Å². The summed E-state index contributed by atoms with van der Waals surface area (Å²) in [5.74, 6) is -0.170. The lowest BCUT2D eigenvalue weighted by Gasteiger charge is -2.34. The van der Waals surface area contributed by atoms with Crippen molar-refractivity contribution in [3.63, 3.8) is 0 Å². The van der Waals surface area contributed by atoms with Crippen LogP contribution < -0.4 is 5.73 Å². The lowest BCUT2D eigenvalue weighted by molar-refractivity contribution is 0.166. The molecule has 1 unspecified atom stereocenters. The molecule has 17 heavy (non-hydrogen) atoms. The van der Waals surface area contributed by atoms with E-state index in [1.807, 2.05) is 12.1 Å². The molecule has 1 heterocycles. The van der Waals surface area contributed by atoms with Crippen molar-refractivity contribution in [2.24, 2.45) is 5.73 Å². The monoisotopic (exact) mass is 236 g/mol. The molecule has 2 nitrogen and oxygen atoms in total. The number of nitrogens with two attached hydrogens (primary N) is 1. The second kappa shape index (κ2) is 6.12. The number of hydrogen-bond donors (Lipinski definition) is 1. The fourth-order valence-corrected chi connectivity index (χ4v) is 2.54. The second-order valence-corrected chi connectivity index (χ2v) is 4.82. The summed E-state index contributed by atoms with van der Waals surface area (Å²) in [6, 6.07) is 7.18. The predicted molar refractivity (Wildman–Crippen MR) is 68.4 cm³/mol. The van der Waals surface area contributed by atoms with Crippen molar-refractivity contribution in [3.05, 3.63) is 35.6 Å². The maximum Gasteiger partial charge on any atom is 0.123 e. The Kier molecular flexibility index (Phi) is 4.51. The first-order valence-corrected chi connectivity index (χ1v) is 6.48. The fraction of sp³-hybridized carbons (Fsp3) is 0.571. The Balaban J connectivity index is 1.96. The smallest absolute Gasteiger partial charge is 0.123 e. The number of piperidine rings is 1. The molecule has 94 valence electrons. The zero-order valence-electron chi connectivity index (χ0n) is 10.2. The van der Waals surface area contributed by atoms with Crippen LogP contribution in [0.2, 0.25) is 0 Å². The largest absolute Gasteiger partial charge is 0.329 e. The van der Waals surface area contributed by atoms with E-state index in [0.29, 0.717) is 12.6 Å². The first-order valence-electron chi connectivity index (χ1n) is 6.48. The van der Waals surface area contributed by atoms with Gasteiger partial charge in [-0.25, -0.2) is 4.39 Å². The Bertz CT molecular complexity index is 331. The number of halogens is 1. The van der Waals surface area contributed by atoms with Gasteiger partial charge >= 0.3 is 0 Å². The minimum Gasteiger partial charge on any atom is -0.329 e. The van der Waals surface area contributed by atoms with E-state index in [-0.39, 0.29) is 5.82 Å². The minimum atomic E-state index is -0.170. The number of likely N-dealkylation sites (tertiary alicyclic amines) is 1. The summed E-state index contributed by atoms with van der Waals surface area (Å²) in [5, 5.41) is 0. The topological polar surface area (TPSA) is 29.3 Å². The van der Waals surface area contributed by atoms with Crippen LogP contribution in [0.5, 0.6) is 0 Å². The molecule has 0 bridgehead atoms. The van der Waals surface area contributed by atoms with E-state index in [1.54, 1.807) is 0 Å². The molecule has 0 amide bonds. The van der Waals surface area contributed by atoms with E-state index in [9.17, 15) is 4.39 Å². The molecule has 1 aliphatic heterocycles. The number of benzene rings is 1. The summed E-state index contributed by atoms with van der Waals surface area (Å²) < 4.78 is 12.8. The van der Waals surface area contributed by atoms with Crippen LogP contribution in [-0.2, 0) is 6.42 Å². The van der Waals surface area contributed by atoms with Gasteiger partial charge in [0.25, 0.3) is 0 Å². The summed E-state index contributed by atoms with van der Waals surface area (Å²) in [4.78, 5) is 2.48. The summed E-state index contributed by atoms with van der Waals surface area (Å²) in [6.07, 6.45) is 4.82. The highest BCUT2D eigenvalue weighted by molar-refractivity contribution is 5.17. The average Bonchev–Trinajstić information content (AvgIpc) is 2.39. The van der Waals surface area contributed by atoms with Crippen LogP contribution in [0.15, 0.2) is 24.3 Å². The molecule has 3 heteroatoms. The third-order valence-electron chi connectivity index (χ3n) is 3.56. The van der Waals surface area contributed by atoms with Crippen molar-refractivity contribution in [1.82, 2.24) is 4.90 Å². The average molecular weight is 236 g/mol. The highest BCUT2D eigenvalue weighted by atomic mass is 19.1. The first-order chi connectivity index (χ1) is 8.29. The third kappa shape index (κ3) is 3.51. The Morgan fingerprint density at radius 2 is 1.76 bits per heavy atom. The number of nitrogens with zero attached hydrogens (tertiary/aromatic N) is 1. The Labute approximate surface area is 103 Å². The Hall–Kier alpha value is -0.930. The van der Waals surface area contributed by atoms with Gasteiger partial charge in [-0.05, 0) is 50.0 Å². The van der Waals surface area contributed by atoms with Crippen molar-refractivity contribution in [2.75, 3.05) is 19.6 Å². The van der Waals surface area contributed by atoms with Gasteiger partial charge < -0.3 is 5.73 Å². The third-order valence-corrected chi connectivity index (χ3v) is 3.56. The van der Waals surface area contributed by atoms with Gasteiger partial charge in [-0.2, -0.15) is 0 Å². The van der Waals surface area contributed by atoms with Gasteiger partial charge in [-0.3, -0.25) is 4.90 Å². The van der Waals surface area contributed by atoms with Crippen molar-refractivity contribution >= 4 is 0 Å². The molecule has 0 radical (unpaired) electrons. The van der Waals surface area contributed by atoms with Gasteiger partial charge in [0.15, 0.2) is 0 Å². The predicted octanol–water partition coefficient (Wildman–Crippen LogP) is 2.18. The number of hydrogen-bond acceptors (Lipinski definition) is 2. The van der Waals surface area contributed by atoms with Crippen molar-refractivity contribution in [2.45, 2.75) is 31.7 Å². The summed E-state index contributed by atoms with van der Waals surface area (Å²) >= 11 is 0. The first kappa shape index (κ1) is 12.5. The Morgan fingerprint density at radius 1 is 1.12 bits per heavy atom. The van der Waals surface area contributed by atoms with E-state index in [4.69, 9.17) is 5.73 Å². The van der Waals surface area contributed by atoms with Gasteiger partial charge in [0.2, 0.25) is 0 Å². The maximum absolute atomic E-state index is 12.8. The molecule has 2 N–H and O–H groups in total. The van der Waals surface area contributed by atoms with Gasteiger partial charge in [0, 0.05) is 12.6 Å². The van der Waals surface area contributed by atoms with Gasteiger partial charge in [-0.15, -0.1) is 0 Å². The van der Waals surface area contributed by atoms with Crippen LogP contribution in [-0.4, -0.2) is 30.6 Å². The molecule has 1 aliphatic rings. The lowest BCUT2D eigenvalue weighted by Crippen LogP contribution is -2.44. The SMILES string of the molecule is NCC(Cc1ccc(F)cc1)N1CCCCC1. The molecule has 1 fully saturated rings. The highest BCUT2D eigenvalue weighted by Gasteiger charge is 2.19. The molecule has 0 aromatic heterocycles. The van der Waals surface area contributed by atoms with E-state index >= 15 is 0 Å². The van der Waals surface area contributed by atoms with Crippen molar-refractivity contribution < 1.29 is 4.39 Å². The zero-order chi connectivity index (χ0) is 12.1. The fourth-order valence-electron chi connectivity index (χ4n) is 2.54. The molecule has 0 spiro atoms. The molecular formula is C14H21FN2. The molecule has 2 rings (SSSR count). The van der Waals surface area contributed by atoms with Crippen LogP contribution in [0.25, 0.3) is 0 Å². The van der Waals surface area contributed by atoms with E-state index in [0.717, 1.165) is 19.5 Å². The molecule has 1 aromatic rings. The zero-order valence-corrected chi connectivity index (χ0v) is 10.2. The lowest BCUT2D eigenvalue weighted by atomic mass is 10.0. The molecule has 1 aromatic carbocycles. The standard InChI is InChI=1S/C14H21FN2/c15-13-6-4-12(5-7-13)10-14(11-16)17-8-2-1-3-9-17/h4-7,14H,1-3,8-11,16H2. The van der Waals surface area contributed by atoms with E-state index in [1.165, 1.54) is 37.0 Å². The van der Waals surface area contributed by atoms with Crippen molar-refractivity contribution in [1.29, 1.82) is 0 Å². The van der Waals surface area contributed by atoms with Crippen LogP contribution in [0.4, 0.5) is 4.39 Å². The number of rotatable bonds is 4. The molecule has 1 saturated heterocycles. The summed E-state index contributed by atoms with van der Waals surface area (Å²) in [5.41, 5.74) is 7.04. The van der Waals surface area contributed by atoms with Crippen LogP contribution in [0.3, 0.4) is 0 Å². The van der Waals surface area contributed by atoms with E-state index < -0.39 is 0 Å². The summed E-state index contributed by atoms with van der Waals surface area (Å²) in [6.45, 7) is 2.99. The van der Waals surface area contributed by atoms with Gasteiger partial charge in [0.1, 0.15) is 5.82 Å². The minimum absolute atomic E-state index is 0.170. The normalized spacial score (nSPS) is 19.2. The maximum atomic E-state index is 12.8. The highest BCUT2D eigenvalue weighted by Crippen LogP contribution is 2.15. The second-order valence-electron chi connectivity index (χ2n) is 4.82. The summed E-state index contributed by atoms with van der Waals surface area (Å²) in [7, 11) is 0. The van der Waals surface area contributed by atoms with Crippen LogP contribution in [0.1, 0.15) is 24.8 Å². The van der Waals surface area contributed by atoms with Gasteiger partial charge in [0.05, 0.1) is 0 Å². The Morgan fingerprint density at radius 3 is 2.35 bits per heavy atom.